The van der Waals surface area contributed by atoms with Gasteiger partial charge >= 0.3 is 0 Å². The van der Waals surface area contributed by atoms with Gasteiger partial charge in [0.25, 0.3) is 0 Å². The van der Waals surface area contributed by atoms with Gasteiger partial charge in [-0.2, -0.15) is 0 Å². The molecule has 1 atom stereocenters. The molecule has 2 heteroatoms. The van der Waals surface area contributed by atoms with Crippen LogP contribution in [0.15, 0.2) is 28.7 Å². The molecule has 1 aromatic rings. The Morgan fingerprint density at radius 1 is 1.05 bits per heavy atom. The molecule has 1 aromatic carbocycles. The Bertz CT molecular complexity index is 358. The van der Waals surface area contributed by atoms with Crippen LogP contribution in [0.4, 0.5) is 0 Å². The van der Waals surface area contributed by atoms with Gasteiger partial charge in [0.05, 0.1) is 0 Å². The molecule has 0 aliphatic rings. The number of hydrogen-bond donors (Lipinski definition) is 1. The third-order valence-electron chi connectivity index (χ3n) is 3.89. The molecule has 1 N–H and O–H groups in total. The second-order valence-corrected chi connectivity index (χ2v) is 6.65. The van der Waals surface area contributed by atoms with Crippen LogP contribution in [0.25, 0.3) is 0 Å². The zero-order chi connectivity index (χ0) is 14.8. The molecule has 114 valence electrons. The molecule has 0 heterocycles. The zero-order valence-corrected chi connectivity index (χ0v) is 14.9. The Hall–Kier alpha value is -0.340. The van der Waals surface area contributed by atoms with E-state index in [1.54, 1.807) is 0 Å². The highest BCUT2D eigenvalue weighted by Gasteiger charge is 2.19. The first-order chi connectivity index (χ1) is 9.71. The van der Waals surface area contributed by atoms with Gasteiger partial charge in [-0.25, -0.2) is 0 Å². The van der Waals surface area contributed by atoms with Crippen LogP contribution in [0.5, 0.6) is 0 Å². The molecule has 0 fully saturated rings. The average Bonchev–Trinajstić information content (AvgIpc) is 2.43. The predicted molar refractivity (Wildman–Crippen MR) is 93.2 cm³/mol. The number of nitrogens with one attached hydrogen (secondary N) is 1. The van der Waals surface area contributed by atoms with E-state index >= 15 is 0 Å². The summed E-state index contributed by atoms with van der Waals surface area (Å²) in [6.45, 7) is 7.98. The van der Waals surface area contributed by atoms with Gasteiger partial charge in [-0.05, 0) is 55.8 Å². The first-order valence-electron chi connectivity index (χ1n) is 8.19. The number of halogens is 1. The van der Waals surface area contributed by atoms with Crippen LogP contribution in [-0.4, -0.2) is 12.6 Å². The maximum atomic E-state index is 3.79. The normalized spacial score (nSPS) is 12.8. The Morgan fingerprint density at radius 2 is 1.75 bits per heavy atom. The van der Waals surface area contributed by atoms with E-state index in [1.807, 2.05) is 0 Å². The molecule has 0 saturated heterocycles. The smallest absolute Gasteiger partial charge is 0.0178 e. The van der Waals surface area contributed by atoms with Crippen molar-refractivity contribution >= 4 is 15.9 Å². The monoisotopic (exact) mass is 339 g/mol. The van der Waals surface area contributed by atoms with Crippen LogP contribution in [0.2, 0.25) is 0 Å². The van der Waals surface area contributed by atoms with Crippen molar-refractivity contribution in [1.82, 2.24) is 5.32 Å². The number of rotatable bonds is 10. The van der Waals surface area contributed by atoms with Gasteiger partial charge in [-0.1, -0.05) is 61.7 Å². The fourth-order valence-electron chi connectivity index (χ4n) is 2.94. The van der Waals surface area contributed by atoms with Crippen LogP contribution < -0.4 is 5.32 Å². The van der Waals surface area contributed by atoms with Gasteiger partial charge in [0.2, 0.25) is 0 Å². The highest BCUT2D eigenvalue weighted by Crippen LogP contribution is 2.22. The third-order valence-corrected chi connectivity index (χ3v) is 4.38. The lowest BCUT2D eigenvalue weighted by Gasteiger charge is -2.28. The quantitative estimate of drug-likeness (QED) is 0.586. The third kappa shape index (κ3) is 6.41. The van der Waals surface area contributed by atoms with Crippen molar-refractivity contribution < 1.29 is 0 Å². The predicted octanol–water partition coefficient (Wildman–Crippen LogP) is 5.58. The van der Waals surface area contributed by atoms with E-state index in [-0.39, 0.29) is 0 Å². The highest BCUT2D eigenvalue weighted by atomic mass is 79.9. The fourth-order valence-corrected chi connectivity index (χ4v) is 3.39. The van der Waals surface area contributed by atoms with Crippen LogP contribution in [0.1, 0.15) is 58.4 Å². The molecule has 1 unspecified atom stereocenters. The fraction of sp³-hybridized carbons (Fsp3) is 0.667. The van der Waals surface area contributed by atoms with E-state index < -0.39 is 0 Å². The minimum Gasteiger partial charge on any atom is -0.313 e. The van der Waals surface area contributed by atoms with Gasteiger partial charge in [-0.3, -0.25) is 0 Å². The summed E-state index contributed by atoms with van der Waals surface area (Å²) in [6, 6.07) is 9.37. The van der Waals surface area contributed by atoms with Gasteiger partial charge < -0.3 is 5.32 Å². The van der Waals surface area contributed by atoms with E-state index in [2.05, 4.69) is 66.3 Å². The summed E-state index contributed by atoms with van der Waals surface area (Å²) in [5.74, 6) is 0.801. The Balaban J connectivity index is 2.75. The summed E-state index contributed by atoms with van der Waals surface area (Å²) < 4.78 is 1.19. The molecule has 0 aliphatic heterocycles. The summed E-state index contributed by atoms with van der Waals surface area (Å²) in [4.78, 5) is 0. The standard InChI is InChI=1S/C18H30BrN/c1-4-8-16(9-5-2)18(20-12-6-3)14-15-10-7-11-17(19)13-15/h7,10-11,13,16,18,20H,4-6,8-9,12,14H2,1-3H3. The lowest BCUT2D eigenvalue weighted by Crippen LogP contribution is -2.38. The topological polar surface area (TPSA) is 12.0 Å². The summed E-state index contributed by atoms with van der Waals surface area (Å²) in [7, 11) is 0. The first-order valence-corrected chi connectivity index (χ1v) is 8.98. The van der Waals surface area contributed by atoms with E-state index in [1.165, 1.54) is 42.1 Å². The van der Waals surface area contributed by atoms with Crippen LogP contribution in [-0.2, 0) is 6.42 Å². The van der Waals surface area contributed by atoms with Crippen molar-refractivity contribution in [3.63, 3.8) is 0 Å². The molecular weight excluding hydrogens is 310 g/mol. The summed E-state index contributed by atoms with van der Waals surface area (Å²) in [5.41, 5.74) is 1.44. The molecular formula is C18H30BrN. The SMILES string of the molecule is CCCNC(Cc1cccc(Br)c1)C(CCC)CCC. The summed E-state index contributed by atoms with van der Waals surface area (Å²) in [5, 5.41) is 3.79. The van der Waals surface area contributed by atoms with Crippen molar-refractivity contribution in [3.05, 3.63) is 34.3 Å². The van der Waals surface area contributed by atoms with Crippen molar-refractivity contribution in [2.75, 3.05) is 6.54 Å². The van der Waals surface area contributed by atoms with E-state index in [0.29, 0.717) is 6.04 Å². The maximum absolute atomic E-state index is 3.79. The zero-order valence-electron chi connectivity index (χ0n) is 13.3. The van der Waals surface area contributed by atoms with E-state index in [4.69, 9.17) is 0 Å². The maximum Gasteiger partial charge on any atom is 0.0178 e. The van der Waals surface area contributed by atoms with Crippen LogP contribution >= 0.6 is 15.9 Å². The van der Waals surface area contributed by atoms with Crippen molar-refractivity contribution in [1.29, 1.82) is 0 Å². The molecule has 20 heavy (non-hydrogen) atoms. The molecule has 0 aromatic heterocycles. The second kappa shape index (κ2) is 10.4. The van der Waals surface area contributed by atoms with Crippen molar-refractivity contribution in [3.8, 4) is 0 Å². The Morgan fingerprint density at radius 3 is 2.30 bits per heavy atom. The molecule has 0 bridgehead atoms. The van der Waals surface area contributed by atoms with Crippen LogP contribution in [0.3, 0.4) is 0 Å². The minimum absolute atomic E-state index is 0.615. The molecule has 0 saturated carbocycles. The average molecular weight is 340 g/mol. The number of hydrogen-bond acceptors (Lipinski definition) is 1. The lowest BCUT2D eigenvalue weighted by molar-refractivity contribution is 0.308. The molecule has 0 amide bonds. The van der Waals surface area contributed by atoms with E-state index in [9.17, 15) is 0 Å². The Labute approximate surface area is 133 Å². The van der Waals surface area contributed by atoms with Gasteiger partial charge in [-0.15, -0.1) is 0 Å². The van der Waals surface area contributed by atoms with Crippen molar-refractivity contribution in [2.24, 2.45) is 5.92 Å². The molecule has 1 rings (SSSR count). The van der Waals surface area contributed by atoms with E-state index in [0.717, 1.165) is 18.9 Å². The number of benzene rings is 1. The second-order valence-electron chi connectivity index (χ2n) is 5.73. The molecule has 0 spiro atoms. The largest absolute Gasteiger partial charge is 0.313 e. The minimum atomic E-state index is 0.615. The molecule has 0 radical (unpaired) electrons. The summed E-state index contributed by atoms with van der Waals surface area (Å²) >= 11 is 3.58. The van der Waals surface area contributed by atoms with Crippen molar-refractivity contribution in [2.45, 2.75) is 65.3 Å². The molecule has 0 aliphatic carbocycles. The summed E-state index contributed by atoms with van der Waals surface area (Å²) in [6.07, 6.45) is 7.59. The van der Waals surface area contributed by atoms with Gasteiger partial charge in [0.15, 0.2) is 0 Å². The Kier molecular flexibility index (Phi) is 9.21. The van der Waals surface area contributed by atoms with Gasteiger partial charge in [0, 0.05) is 10.5 Å². The van der Waals surface area contributed by atoms with Gasteiger partial charge in [0.1, 0.15) is 0 Å². The first kappa shape index (κ1) is 17.7. The lowest BCUT2D eigenvalue weighted by atomic mass is 9.86. The molecule has 1 nitrogen and oxygen atoms in total. The highest BCUT2D eigenvalue weighted by molar-refractivity contribution is 9.10. The van der Waals surface area contributed by atoms with Crippen LogP contribution in [0, 0.1) is 5.92 Å².